The molecule has 1 aliphatic carbocycles. The molecule has 0 saturated carbocycles. The van der Waals surface area contributed by atoms with E-state index in [9.17, 15) is 5.11 Å². The molecule has 1 spiro atoms. The fraction of sp³-hybridized carbons (Fsp3) is 0.500. The van der Waals surface area contributed by atoms with E-state index in [0.29, 0.717) is 6.42 Å². The van der Waals surface area contributed by atoms with Gasteiger partial charge >= 0.3 is 0 Å². The first-order chi connectivity index (χ1) is 10.5. The normalized spacial score (nSPS) is 30.3. The predicted octanol–water partition coefficient (Wildman–Crippen LogP) is -1.21. The SMILES string of the molecule is COc1cc(C)c2c3c1O[C@H]1C[C@H](O)C=C[C@@]31CC[N+](C)=C2.[Br-]. The van der Waals surface area contributed by atoms with Crippen LogP contribution in [0, 0.1) is 6.92 Å². The fourth-order valence-corrected chi connectivity index (χ4v) is 4.13. The number of hydrogen-bond acceptors (Lipinski definition) is 3. The van der Waals surface area contributed by atoms with Gasteiger partial charge in [-0.05, 0) is 18.6 Å². The van der Waals surface area contributed by atoms with Crippen molar-refractivity contribution in [2.75, 3.05) is 20.7 Å². The molecule has 2 heterocycles. The number of ether oxygens (including phenoxy) is 2. The zero-order chi connectivity index (χ0) is 15.5. The molecule has 4 rings (SSSR count). The molecule has 4 nitrogen and oxygen atoms in total. The lowest BCUT2D eigenvalue weighted by atomic mass is 9.68. The maximum absolute atomic E-state index is 10.0. The van der Waals surface area contributed by atoms with Crippen molar-refractivity contribution in [2.45, 2.75) is 37.4 Å². The van der Waals surface area contributed by atoms with Crippen molar-refractivity contribution in [1.29, 1.82) is 0 Å². The monoisotopic (exact) mass is 379 g/mol. The Labute approximate surface area is 147 Å². The molecule has 2 aliphatic heterocycles. The van der Waals surface area contributed by atoms with E-state index in [0.717, 1.165) is 24.5 Å². The van der Waals surface area contributed by atoms with E-state index in [1.54, 1.807) is 7.11 Å². The zero-order valence-corrected chi connectivity index (χ0v) is 15.3. The van der Waals surface area contributed by atoms with E-state index in [-0.39, 0.29) is 28.5 Å². The lowest BCUT2D eigenvalue weighted by Crippen LogP contribution is -3.00. The highest BCUT2D eigenvalue weighted by Gasteiger charge is 2.53. The van der Waals surface area contributed by atoms with Crippen molar-refractivity contribution in [3.63, 3.8) is 0 Å². The minimum atomic E-state index is -0.426. The van der Waals surface area contributed by atoms with Gasteiger partial charge < -0.3 is 31.6 Å². The Balaban J connectivity index is 0.00000156. The van der Waals surface area contributed by atoms with Gasteiger partial charge in [-0.2, -0.15) is 0 Å². The Morgan fingerprint density at radius 1 is 1.43 bits per heavy atom. The first-order valence-corrected chi connectivity index (χ1v) is 7.86. The van der Waals surface area contributed by atoms with Crippen molar-refractivity contribution >= 4 is 6.21 Å². The second kappa shape index (κ2) is 5.64. The Kier molecular flexibility index (Phi) is 4.05. The van der Waals surface area contributed by atoms with Gasteiger partial charge in [-0.25, -0.2) is 4.58 Å². The zero-order valence-electron chi connectivity index (χ0n) is 13.7. The van der Waals surface area contributed by atoms with Gasteiger partial charge in [0.2, 0.25) is 0 Å². The number of rotatable bonds is 1. The maximum atomic E-state index is 10.0. The van der Waals surface area contributed by atoms with Crippen LogP contribution in [0.15, 0.2) is 18.2 Å². The molecule has 0 unspecified atom stereocenters. The van der Waals surface area contributed by atoms with E-state index in [2.05, 4.69) is 36.9 Å². The molecule has 1 aromatic rings. The molecule has 1 N–H and O–H groups in total. The van der Waals surface area contributed by atoms with E-state index >= 15 is 0 Å². The first kappa shape index (κ1) is 16.5. The summed E-state index contributed by atoms with van der Waals surface area (Å²) in [5.41, 5.74) is 3.53. The third-order valence-corrected chi connectivity index (χ3v) is 5.31. The summed E-state index contributed by atoms with van der Waals surface area (Å²) in [7, 11) is 3.80. The van der Waals surface area contributed by atoms with Gasteiger partial charge in [-0.1, -0.05) is 12.2 Å². The van der Waals surface area contributed by atoms with Crippen LogP contribution in [0.1, 0.15) is 29.5 Å². The Morgan fingerprint density at radius 2 is 2.22 bits per heavy atom. The third-order valence-electron chi connectivity index (χ3n) is 5.31. The van der Waals surface area contributed by atoms with Gasteiger partial charge in [-0.15, -0.1) is 0 Å². The Morgan fingerprint density at radius 3 is 2.96 bits per heavy atom. The summed E-state index contributed by atoms with van der Waals surface area (Å²) < 4.78 is 14.1. The molecular formula is C18H22BrNO3. The standard InChI is InChI=1S/C18H22NO3.BrH/c1-11-8-14(21-3)17-16-13(11)10-19(2)7-6-18(16)5-4-12(20)9-15(18)22-17;/h4-5,8,10,12,15,20H,6-7,9H2,1-3H3;1H/q+1;/p-1/t12-,15+,18+;/m1./s1. The lowest BCUT2D eigenvalue weighted by molar-refractivity contribution is -0.493. The average molecular weight is 380 g/mol. The number of halogens is 1. The van der Waals surface area contributed by atoms with Crippen molar-refractivity contribution in [3.8, 4) is 11.5 Å². The smallest absolute Gasteiger partial charge is 0.171 e. The van der Waals surface area contributed by atoms with Crippen LogP contribution in [-0.4, -0.2) is 48.8 Å². The molecule has 0 amide bonds. The third kappa shape index (κ3) is 2.24. The second-order valence-electron chi connectivity index (χ2n) is 6.68. The summed E-state index contributed by atoms with van der Waals surface area (Å²) in [6.45, 7) is 3.09. The van der Waals surface area contributed by atoms with Crippen LogP contribution in [0.3, 0.4) is 0 Å². The second-order valence-corrected chi connectivity index (χ2v) is 6.68. The number of aryl methyl sites for hydroxylation is 1. The summed E-state index contributed by atoms with van der Waals surface area (Å²) in [5, 5.41) is 10.0. The van der Waals surface area contributed by atoms with Crippen LogP contribution in [-0.2, 0) is 5.41 Å². The Bertz CT molecular complexity index is 713. The fourth-order valence-electron chi connectivity index (χ4n) is 4.13. The molecule has 5 heteroatoms. The van der Waals surface area contributed by atoms with Gasteiger partial charge in [0.05, 0.1) is 18.6 Å². The van der Waals surface area contributed by atoms with Crippen LogP contribution in [0.25, 0.3) is 0 Å². The number of benzene rings is 1. The van der Waals surface area contributed by atoms with E-state index in [1.165, 1.54) is 16.7 Å². The minimum Gasteiger partial charge on any atom is -1.00 e. The number of aliphatic hydroxyl groups is 1. The number of hydrogen-bond donors (Lipinski definition) is 1. The van der Waals surface area contributed by atoms with Crippen LogP contribution in [0.5, 0.6) is 11.5 Å². The van der Waals surface area contributed by atoms with Crippen LogP contribution in [0.4, 0.5) is 0 Å². The van der Waals surface area contributed by atoms with Gasteiger partial charge in [0.15, 0.2) is 17.7 Å². The highest BCUT2D eigenvalue weighted by molar-refractivity contribution is 5.85. The lowest BCUT2D eigenvalue weighted by Gasteiger charge is -2.34. The molecule has 3 aliphatic rings. The van der Waals surface area contributed by atoms with Crippen molar-refractivity contribution in [1.82, 2.24) is 0 Å². The van der Waals surface area contributed by atoms with Gasteiger partial charge in [0, 0.05) is 24.0 Å². The molecular weight excluding hydrogens is 358 g/mol. The molecule has 1 aromatic carbocycles. The maximum Gasteiger partial charge on any atom is 0.171 e. The van der Waals surface area contributed by atoms with E-state index < -0.39 is 6.10 Å². The summed E-state index contributed by atoms with van der Waals surface area (Å²) in [6.07, 6.45) is 7.50. The molecule has 0 bridgehead atoms. The predicted molar refractivity (Wildman–Crippen MR) is 84.4 cm³/mol. The number of methoxy groups -OCH3 is 1. The van der Waals surface area contributed by atoms with E-state index in [4.69, 9.17) is 9.47 Å². The van der Waals surface area contributed by atoms with Gasteiger partial charge in [-0.3, -0.25) is 0 Å². The molecule has 23 heavy (non-hydrogen) atoms. The van der Waals surface area contributed by atoms with Gasteiger partial charge in [0.1, 0.15) is 19.7 Å². The molecule has 124 valence electrons. The van der Waals surface area contributed by atoms with Crippen LogP contribution >= 0.6 is 0 Å². The molecule has 0 aromatic heterocycles. The Hall–Kier alpha value is -1.33. The average Bonchev–Trinajstić information content (AvgIpc) is 2.74. The van der Waals surface area contributed by atoms with E-state index in [1.807, 2.05) is 6.08 Å². The molecule has 0 fully saturated rings. The number of nitrogens with zero attached hydrogens (tertiary/aromatic N) is 1. The largest absolute Gasteiger partial charge is 1.00 e. The van der Waals surface area contributed by atoms with Crippen LogP contribution in [0.2, 0.25) is 0 Å². The summed E-state index contributed by atoms with van der Waals surface area (Å²) in [6, 6.07) is 2.05. The van der Waals surface area contributed by atoms with Crippen molar-refractivity contribution < 1.29 is 36.1 Å². The summed E-state index contributed by atoms with van der Waals surface area (Å²) in [4.78, 5) is 0. The molecule has 3 atom stereocenters. The highest BCUT2D eigenvalue weighted by Crippen LogP contribution is 2.55. The van der Waals surface area contributed by atoms with Crippen molar-refractivity contribution in [3.05, 3.63) is 34.9 Å². The summed E-state index contributed by atoms with van der Waals surface area (Å²) >= 11 is 0. The first-order valence-electron chi connectivity index (χ1n) is 7.86. The quantitative estimate of drug-likeness (QED) is 0.491. The molecule has 0 radical (unpaired) electrons. The number of aliphatic hydroxyl groups excluding tert-OH is 1. The van der Waals surface area contributed by atoms with Crippen LogP contribution < -0.4 is 26.5 Å². The minimum absolute atomic E-state index is 0. The topological polar surface area (TPSA) is 41.7 Å². The highest BCUT2D eigenvalue weighted by atomic mass is 79.9. The van der Waals surface area contributed by atoms with Gasteiger partial charge in [0.25, 0.3) is 0 Å². The summed E-state index contributed by atoms with van der Waals surface area (Å²) in [5.74, 6) is 1.66. The molecule has 0 saturated heterocycles. The van der Waals surface area contributed by atoms with Crippen molar-refractivity contribution in [2.24, 2.45) is 0 Å².